The second-order valence-electron chi connectivity index (χ2n) is 9.54. The number of carbonyl (C=O) groups is 2. The summed E-state index contributed by atoms with van der Waals surface area (Å²) in [6.07, 6.45) is 5.14. The van der Waals surface area contributed by atoms with Crippen molar-refractivity contribution in [2.45, 2.75) is 32.8 Å². The van der Waals surface area contributed by atoms with Crippen LogP contribution in [0.15, 0.2) is 69.6 Å². The molecule has 0 radical (unpaired) electrons. The van der Waals surface area contributed by atoms with Gasteiger partial charge >= 0.3 is 0 Å². The van der Waals surface area contributed by atoms with Gasteiger partial charge in [0.05, 0.1) is 11.5 Å². The van der Waals surface area contributed by atoms with Crippen molar-refractivity contribution < 1.29 is 28.6 Å². The molecular weight excluding hydrogens is 475 g/mol. The van der Waals surface area contributed by atoms with Gasteiger partial charge < -0.3 is 14.6 Å². The standard InChI is InChI=1S/C26H23FO5S2/c1-13-6-17-18(28)8-16-14-7-20-23(32-12-31-20)22(14)15(21-4-3-5-33-21)9-26(16,24(30)34-11-27)25(17,2)10-19(13)29/h3-6,8-9,13,19,29H,7,10-12H2,1-2H3/t13-,19-,25-,26-/m0/s1. The molecule has 1 aromatic heterocycles. The van der Waals surface area contributed by atoms with Crippen LogP contribution in [0.1, 0.15) is 31.6 Å². The molecule has 0 saturated carbocycles. The quantitative estimate of drug-likeness (QED) is 0.627. The lowest BCUT2D eigenvalue weighted by molar-refractivity contribution is -0.124. The first kappa shape index (κ1) is 22.1. The minimum atomic E-state index is -1.32. The molecular formula is C26H23FO5S2. The molecule has 1 aromatic rings. The van der Waals surface area contributed by atoms with Crippen molar-refractivity contribution in [3.63, 3.8) is 0 Å². The van der Waals surface area contributed by atoms with Gasteiger partial charge in [-0.25, -0.2) is 4.39 Å². The molecule has 0 unspecified atom stereocenters. The minimum absolute atomic E-state index is 0.133. The van der Waals surface area contributed by atoms with Gasteiger partial charge in [-0.3, -0.25) is 9.59 Å². The number of aliphatic hydroxyl groups excluding tert-OH is 1. The van der Waals surface area contributed by atoms with Gasteiger partial charge in [0, 0.05) is 39.4 Å². The fraction of sp³-hybridized carbons (Fsp3) is 0.385. The fourth-order valence-corrected chi connectivity index (χ4v) is 7.67. The minimum Gasteiger partial charge on any atom is -0.458 e. The van der Waals surface area contributed by atoms with Crippen molar-refractivity contribution in [2.75, 3.05) is 12.8 Å². The molecule has 34 heavy (non-hydrogen) atoms. The monoisotopic (exact) mass is 498 g/mol. The van der Waals surface area contributed by atoms with Crippen molar-refractivity contribution in [3.8, 4) is 0 Å². The van der Waals surface area contributed by atoms with E-state index in [1.165, 1.54) is 0 Å². The summed E-state index contributed by atoms with van der Waals surface area (Å²) in [5.74, 6) is 0.941. The average molecular weight is 499 g/mol. The Labute approximate surface area is 204 Å². The van der Waals surface area contributed by atoms with Gasteiger partial charge in [-0.05, 0) is 35.1 Å². The summed E-state index contributed by atoms with van der Waals surface area (Å²) >= 11 is 2.16. The Balaban J connectivity index is 1.69. The van der Waals surface area contributed by atoms with E-state index in [-0.39, 0.29) is 30.0 Å². The molecule has 0 spiro atoms. The summed E-state index contributed by atoms with van der Waals surface area (Å²) < 4.78 is 25.2. The molecule has 0 aromatic carbocycles. The van der Waals surface area contributed by atoms with Gasteiger partial charge in [0.25, 0.3) is 0 Å². The Morgan fingerprint density at radius 2 is 2.18 bits per heavy atom. The summed E-state index contributed by atoms with van der Waals surface area (Å²) in [4.78, 5) is 28.4. The summed E-state index contributed by atoms with van der Waals surface area (Å²) in [6, 6.07) is 3.05. The number of carbonyl (C=O) groups excluding carboxylic acids is 2. The van der Waals surface area contributed by atoms with E-state index in [0.29, 0.717) is 40.8 Å². The smallest absolute Gasteiger partial charge is 0.230 e. The normalized spacial score (nSPS) is 33.8. The number of aliphatic hydroxyl groups is 1. The first-order valence-corrected chi connectivity index (χ1v) is 13.1. The number of thiophene rings is 1. The average Bonchev–Trinajstić information content (AvgIpc) is 3.53. The molecule has 0 saturated heterocycles. The number of alkyl halides is 1. The third kappa shape index (κ3) is 2.70. The predicted molar refractivity (Wildman–Crippen MR) is 128 cm³/mol. The van der Waals surface area contributed by atoms with E-state index in [2.05, 4.69) is 0 Å². The first-order chi connectivity index (χ1) is 16.3. The van der Waals surface area contributed by atoms with E-state index in [1.807, 2.05) is 37.4 Å². The zero-order valence-electron chi connectivity index (χ0n) is 18.7. The molecule has 4 aliphatic carbocycles. The highest BCUT2D eigenvalue weighted by Gasteiger charge is 2.64. The van der Waals surface area contributed by atoms with Crippen molar-refractivity contribution in [2.24, 2.45) is 16.7 Å². The lowest BCUT2D eigenvalue weighted by Crippen LogP contribution is -2.55. The topological polar surface area (TPSA) is 72.8 Å². The van der Waals surface area contributed by atoms with Crippen LogP contribution in [0.2, 0.25) is 0 Å². The zero-order valence-corrected chi connectivity index (χ0v) is 20.4. The van der Waals surface area contributed by atoms with E-state index in [4.69, 9.17) is 9.47 Å². The SMILES string of the molecule is C[C@H]1C=C2C(=O)C=C3C4=C(C(c5cccs5)=C[C@]3(C(=O)SCF)[C@@]2(C)C[C@@H]1O)C1=C(C4)OCO1. The van der Waals surface area contributed by atoms with Crippen LogP contribution in [-0.2, 0) is 19.1 Å². The maximum Gasteiger partial charge on any atom is 0.230 e. The molecule has 1 aliphatic heterocycles. The highest BCUT2D eigenvalue weighted by Crippen LogP contribution is 2.67. The van der Waals surface area contributed by atoms with Gasteiger partial charge in [-0.1, -0.05) is 43.8 Å². The number of ketones is 1. The van der Waals surface area contributed by atoms with E-state index in [9.17, 15) is 19.1 Å². The lowest BCUT2D eigenvalue weighted by Gasteiger charge is -2.55. The number of hydrogen-bond acceptors (Lipinski definition) is 7. The summed E-state index contributed by atoms with van der Waals surface area (Å²) in [5.41, 5.74) is 1.21. The van der Waals surface area contributed by atoms with Crippen molar-refractivity contribution in [3.05, 3.63) is 74.4 Å². The van der Waals surface area contributed by atoms with Gasteiger partial charge in [0.2, 0.25) is 11.9 Å². The zero-order chi connectivity index (χ0) is 23.8. The molecule has 0 fully saturated rings. The van der Waals surface area contributed by atoms with Crippen LogP contribution in [0.3, 0.4) is 0 Å². The number of ether oxygens (including phenoxy) is 2. The lowest BCUT2D eigenvalue weighted by atomic mass is 9.47. The second kappa shape index (κ2) is 7.54. The van der Waals surface area contributed by atoms with Crippen LogP contribution in [0.4, 0.5) is 4.39 Å². The van der Waals surface area contributed by atoms with Crippen LogP contribution in [0, 0.1) is 16.7 Å². The number of rotatable bonds is 3. The highest BCUT2D eigenvalue weighted by atomic mass is 32.2. The van der Waals surface area contributed by atoms with E-state index >= 15 is 0 Å². The Kier molecular flexibility index (Phi) is 4.89. The largest absolute Gasteiger partial charge is 0.458 e. The van der Waals surface area contributed by atoms with Crippen molar-refractivity contribution >= 4 is 39.6 Å². The summed E-state index contributed by atoms with van der Waals surface area (Å²) in [6.45, 7) is 3.86. The van der Waals surface area contributed by atoms with Gasteiger partial charge in [-0.2, -0.15) is 0 Å². The van der Waals surface area contributed by atoms with E-state index in [0.717, 1.165) is 21.6 Å². The maximum atomic E-state index is 14.0. The molecule has 2 heterocycles. The van der Waals surface area contributed by atoms with Crippen LogP contribution in [-0.4, -0.2) is 34.9 Å². The van der Waals surface area contributed by atoms with Crippen LogP contribution >= 0.6 is 23.1 Å². The molecule has 0 amide bonds. The number of hydrogen-bond donors (Lipinski definition) is 1. The third-order valence-corrected chi connectivity index (χ3v) is 9.49. The Bertz CT molecular complexity index is 1280. The molecule has 4 atom stereocenters. The fourth-order valence-electron chi connectivity index (χ4n) is 6.20. The number of allylic oxidation sites excluding steroid dienone is 6. The van der Waals surface area contributed by atoms with Crippen molar-refractivity contribution in [1.82, 2.24) is 0 Å². The predicted octanol–water partition coefficient (Wildman–Crippen LogP) is 5.08. The van der Waals surface area contributed by atoms with Gasteiger partial charge in [-0.15, -0.1) is 11.3 Å². The van der Waals surface area contributed by atoms with Gasteiger partial charge in [0.15, 0.2) is 11.5 Å². The number of thioether (sulfide) groups is 1. The molecule has 5 aliphatic rings. The second-order valence-corrected chi connectivity index (χ2v) is 11.4. The molecule has 5 nitrogen and oxygen atoms in total. The highest BCUT2D eigenvalue weighted by molar-refractivity contribution is 8.13. The van der Waals surface area contributed by atoms with E-state index in [1.54, 1.807) is 23.5 Å². The number of halogens is 1. The van der Waals surface area contributed by atoms with Crippen LogP contribution < -0.4 is 0 Å². The van der Waals surface area contributed by atoms with Crippen LogP contribution in [0.25, 0.3) is 5.57 Å². The van der Waals surface area contributed by atoms with Crippen molar-refractivity contribution in [1.29, 1.82) is 0 Å². The molecule has 1 N–H and O–H groups in total. The maximum absolute atomic E-state index is 14.0. The molecule has 0 bridgehead atoms. The Morgan fingerprint density at radius 3 is 2.91 bits per heavy atom. The molecule has 176 valence electrons. The first-order valence-electron chi connectivity index (χ1n) is 11.2. The van der Waals surface area contributed by atoms with E-state index < -0.39 is 22.9 Å². The Hall–Kier alpha value is -2.42. The molecule has 6 rings (SSSR count). The van der Waals surface area contributed by atoms with Gasteiger partial charge in [0.1, 0.15) is 11.8 Å². The Morgan fingerprint density at radius 1 is 1.35 bits per heavy atom. The molecule has 8 heteroatoms. The summed E-state index contributed by atoms with van der Waals surface area (Å²) in [5, 5.41) is 12.5. The number of fused-ring (bicyclic) bond motifs is 5. The van der Waals surface area contributed by atoms with Crippen LogP contribution in [0.5, 0.6) is 0 Å². The third-order valence-electron chi connectivity index (χ3n) is 7.89. The summed E-state index contributed by atoms with van der Waals surface area (Å²) in [7, 11) is 0.